The van der Waals surface area contributed by atoms with Crippen LogP contribution < -0.4 is 11.1 Å². The van der Waals surface area contributed by atoms with Crippen molar-refractivity contribution < 1.29 is 9.32 Å². The van der Waals surface area contributed by atoms with Crippen LogP contribution >= 0.6 is 0 Å². The Labute approximate surface area is 119 Å². The second-order valence-electron chi connectivity index (χ2n) is 5.54. The van der Waals surface area contributed by atoms with E-state index in [1.54, 1.807) is 0 Å². The number of aryl methyl sites for hydroxylation is 1. The van der Waals surface area contributed by atoms with Crippen LogP contribution in [-0.2, 0) is 11.2 Å². The third-order valence-electron chi connectivity index (χ3n) is 4.02. The standard InChI is InChI=1S/C14H24N4O2/c1-3-12-17-14(20-18-12)9(2)16-11-8-6-4-5-7-10(11)13(15)19/h9-11,16H,3-8H2,1-2H3,(H2,15,19). The average molecular weight is 280 g/mol. The van der Waals surface area contributed by atoms with Gasteiger partial charge in [0.2, 0.25) is 11.8 Å². The Bertz CT molecular complexity index is 446. The van der Waals surface area contributed by atoms with Gasteiger partial charge >= 0.3 is 0 Å². The summed E-state index contributed by atoms with van der Waals surface area (Å²) < 4.78 is 5.25. The Hall–Kier alpha value is -1.43. The number of aromatic nitrogens is 2. The molecule has 1 aromatic rings. The number of hydrogen-bond acceptors (Lipinski definition) is 5. The first-order valence-corrected chi connectivity index (χ1v) is 7.49. The second-order valence-corrected chi connectivity index (χ2v) is 5.54. The first-order valence-electron chi connectivity index (χ1n) is 7.49. The van der Waals surface area contributed by atoms with Crippen molar-refractivity contribution in [2.45, 2.75) is 64.5 Å². The molecule has 1 amide bonds. The van der Waals surface area contributed by atoms with Gasteiger partial charge < -0.3 is 15.6 Å². The third kappa shape index (κ3) is 3.56. The summed E-state index contributed by atoms with van der Waals surface area (Å²) in [6, 6.07) is 0.0368. The lowest BCUT2D eigenvalue weighted by Crippen LogP contribution is -2.43. The second kappa shape index (κ2) is 6.83. The van der Waals surface area contributed by atoms with Crippen molar-refractivity contribution in [1.82, 2.24) is 15.5 Å². The van der Waals surface area contributed by atoms with Crippen LogP contribution in [0.15, 0.2) is 4.52 Å². The molecule has 0 bridgehead atoms. The smallest absolute Gasteiger partial charge is 0.243 e. The molecular weight excluding hydrogens is 256 g/mol. The molecule has 1 aliphatic rings. The lowest BCUT2D eigenvalue weighted by atomic mass is 9.93. The maximum absolute atomic E-state index is 11.6. The van der Waals surface area contributed by atoms with Crippen LogP contribution in [0.5, 0.6) is 0 Å². The van der Waals surface area contributed by atoms with E-state index in [9.17, 15) is 4.79 Å². The molecule has 3 N–H and O–H groups in total. The van der Waals surface area contributed by atoms with Gasteiger partial charge in [0, 0.05) is 12.5 Å². The summed E-state index contributed by atoms with van der Waals surface area (Å²) in [6.07, 6.45) is 5.94. The highest BCUT2D eigenvalue weighted by atomic mass is 16.5. The van der Waals surface area contributed by atoms with Gasteiger partial charge in [-0.25, -0.2) is 0 Å². The predicted octanol–water partition coefficient (Wildman–Crippen LogP) is 1.72. The third-order valence-corrected chi connectivity index (χ3v) is 4.02. The minimum atomic E-state index is -0.212. The summed E-state index contributed by atoms with van der Waals surface area (Å²) in [5.74, 6) is 0.972. The molecule has 1 saturated carbocycles. The van der Waals surface area contributed by atoms with Crippen LogP contribution in [0, 0.1) is 5.92 Å². The highest BCUT2D eigenvalue weighted by Gasteiger charge is 2.30. The summed E-state index contributed by atoms with van der Waals surface area (Å²) in [6.45, 7) is 3.97. The maximum Gasteiger partial charge on any atom is 0.243 e. The predicted molar refractivity (Wildman–Crippen MR) is 74.8 cm³/mol. The van der Waals surface area contributed by atoms with E-state index in [1.165, 1.54) is 0 Å². The molecule has 0 aromatic carbocycles. The first kappa shape index (κ1) is 15.0. The van der Waals surface area contributed by atoms with Crippen molar-refractivity contribution in [2.75, 3.05) is 0 Å². The van der Waals surface area contributed by atoms with E-state index in [1.807, 2.05) is 13.8 Å². The maximum atomic E-state index is 11.6. The van der Waals surface area contributed by atoms with Gasteiger partial charge in [0.15, 0.2) is 5.82 Å². The quantitative estimate of drug-likeness (QED) is 0.801. The van der Waals surface area contributed by atoms with Crippen LogP contribution in [-0.4, -0.2) is 22.1 Å². The average Bonchev–Trinajstić information content (AvgIpc) is 2.79. The fourth-order valence-electron chi connectivity index (χ4n) is 2.83. The van der Waals surface area contributed by atoms with Gasteiger partial charge in [0.25, 0.3) is 0 Å². The summed E-state index contributed by atoms with van der Waals surface area (Å²) in [5.41, 5.74) is 5.54. The number of rotatable bonds is 5. The van der Waals surface area contributed by atoms with Crippen molar-refractivity contribution in [1.29, 1.82) is 0 Å². The van der Waals surface area contributed by atoms with Crippen LogP contribution in [0.1, 0.15) is 63.7 Å². The number of nitrogens with one attached hydrogen (secondary N) is 1. The Morgan fingerprint density at radius 1 is 1.45 bits per heavy atom. The molecule has 112 valence electrons. The van der Waals surface area contributed by atoms with Gasteiger partial charge in [0.05, 0.1) is 12.0 Å². The number of nitrogens with two attached hydrogens (primary N) is 1. The number of nitrogens with zero attached hydrogens (tertiary/aromatic N) is 2. The lowest BCUT2D eigenvalue weighted by molar-refractivity contribution is -0.123. The van der Waals surface area contributed by atoms with Crippen LogP contribution in [0.4, 0.5) is 0 Å². The largest absolute Gasteiger partial charge is 0.369 e. The molecule has 20 heavy (non-hydrogen) atoms. The zero-order chi connectivity index (χ0) is 14.5. The van der Waals surface area contributed by atoms with Crippen molar-refractivity contribution in [3.63, 3.8) is 0 Å². The number of carbonyl (C=O) groups excluding carboxylic acids is 1. The minimum Gasteiger partial charge on any atom is -0.369 e. The normalized spacial score (nSPS) is 25.1. The van der Waals surface area contributed by atoms with Crippen LogP contribution in [0.2, 0.25) is 0 Å². The molecule has 1 aromatic heterocycles. The van der Waals surface area contributed by atoms with Gasteiger partial charge in [0.1, 0.15) is 0 Å². The van der Waals surface area contributed by atoms with Crippen molar-refractivity contribution in [2.24, 2.45) is 11.7 Å². The van der Waals surface area contributed by atoms with E-state index in [0.717, 1.165) is 38.5 Å². The van der Waals surface area contributed by atoms with E-state index in [2.05, 4.69) is 15.5 Å². The monoisotopic (exact) mass is 280 g/mol. The highest BCUT2D eigenvalue weighted by molar-refractivity contribution is 5.77. The fourth-order valence-corrected chi connectivity index (χ4v) is 2.83. The summed E-state index contributed by atoms with van der Waals surface area (Å²) in [4.78, 5) is 15.9. The molecule has 1 aliphatic carbocycles. The molecule has 1 heterocycles. The number of hydrogen-bond donors (Lipinski definition) is 2. The number of primary amides is 1. The Morgan fingerprint density at radius 3 is 2.85 bits per heavy atom. The van der Waals surface area contributed by atoms with E-state index < -0.39 is 0 Å². The molecule has 0 aliphatic heterocycles. The Balaban J connectivity index is 2.03. The summed E-state index contributed by atoms with van der Waals surface area (Å²) in [5, 5.41) is 7.35. The molecule has 2 rings (SSSR count). The van der Waals surface area contributed by atoms with Gasteiger partial charge in [-0.3, -0.25) is 4.79 Å². The van der Waals surface area contributed by atoms with Gasteiger partial charge in [-0.15, -0.1) is 0 Å². The molecule has 6 nitrogen and oxygen atoms in total. The van der Waals surface area contributed by atoms with E-state index in [-0.39, 0.29) is 23.9 Å². The van der Waals surface area contributed by atoms with E-state index in [0.29, 0.717) is 11.7 Å². The fraction of sp³-hybridized carbons (Fsp3) is 0.786. The van der Waals surface area contributed by atoms with Crippen LogP contribution in [0.3, 0.4) is 0 Å². The zero-order valence-electron chi connectivity index (χ0n) is 12.3. The topological polar surface area (TPSA) is 94.0 Å². The summed E-state index contributed by atoms with van der Waals surface area (Å²) in [7, 11) is 0. The van der Waals surface area contributed by atoms with Crippen molar-refractivity contribution in [3.05, 3.63) is 11.7 Å². The van der Waals surface area contributed by atoms with Gasteiger partial charge in [-0.2, -0.15) is 4.98 Å². The van der Waals surface area contributed by atoms with Crippen molar-refractivity contribution >= 4 is 5.91 Å². The molecule has 0 radical (unpaired) electrons. The zero-order valence-corrected chi connectivity index (χ0v) is 12.3. The Morgan fingerprint density at radius 2 is 2.20 bits per heavy atom. The van der Waals surface area contributed by atoms with Gasteiger partial charge in [-0.1, -0.05) is 31.3 Å². The first-order chi connectivity index (χ1) is 9.61. The van der Waals surface area contributed by atoms with Crippen molar-refractivity contribution in [3.8, 4) is 0 Å². The van der Waals surface area contributed by atoms with Gasteiger partial charge in [-0.05, 0) is 19.8 Å². The lowest BCUT2D eigenvalue weighted by Gasteiger charge is -2.25. The van der Waals surface area contributed by atoms with Crippen LogP contribution in [0.25, 0.3) is 0 Å². The SMILES string of the molecule is CCc1noc(C(C)NC2CCCCCC2C(N)=O)n1. The summed E-state index contributed by atoms with van der Waals surface area (Å²) >= 11 is 0. The molecule has 3 unspecified atom stereocenters. The molecule has 0 spiro atoms. The molecule has 1 fully saturated rings. The number of amides is 1. The minimum absolute atomic E-state index is 0.0623. The highest BCUT2D eigenvalue weighted by Crippen LogP contribution is 2.25. The molecule has 6 heteroatoms. The molecule has 3 atom stereocenters. The van der Waals surface area contributed by atoms with E-state index in [4.69, 9.17) is 10.3 Å². The molecule has 0 saturated heterocycles. The molecular formula is C14H24N4O2. The number of carbonyl (C=O) groups is 1. The van der Waals surface area contributed by atoms with E-state index >= 15 is 0 Å². The Kier molecular flexibility index (Phi) is 5.11.